The summed E-state index contributed by atoms with van der Waals surface area (Å²) in [4.78, 5) is 30.3. The van der Waals surface area contributed by atoms with Gasteiger partial charge in [-0.2, -0.15) is 0 Å². The van der Waals surface area contributed by atoms with E-state index in [1.807, 2.05) is 0 Å². The topological polar surface area (TPSA) is 133 Å². The molecule has 0 fully saturated rings. The molecule has 0 spiro atoms. The average Bonchev–Trinajstić information content (AvgIpc) is 3.13. The predicted octanol–water partition coefficient (Wildman–Crippen LogP) is 0.695. The summed E-state index contributed by atoms with van der Waals surface area (Å²) in [7, 11) is 0. The van der Waals surface area contributed by atoms with Gasteiger partial charge in [0, 0.05) is 25.0 Å². The van der Waals surface area contributed by atoms with E-state index in [0.29, 0.717) is 5.69 Å². The monoisotopic (exact) mass is 357 g/mol. The summed E-state index contributed by atoms with van der Waals surface area (Å²) in [6.45, 7) is 0.847. The van der Waals surface area contributed by atoms with Gasteiger partial charge in [-0.15, -0.1) is 0 Å². The van der Waals surface area contributed by atoms with Gasteiger partial charge in [-0.25, -0.2) is 4.98 Å². The number of pyridine rings is 1. The Morgan fingerprint density at radius 2 is 2.19 bits per heavy atom. The van der Waals surface area contributed by atoms with E-state index in [1.54, 1.807) is 12.3 Å². The number of amides is 1. The minimum absolute atomic E-state index is 0.117. The maximum absolute atomic E-state index is 12.0. The number of carboxylic acids is 1. The van der Waals surface area contributed by atoms with Crippen LogP contribution in [0.2, 0.25) is 0 Å². The van der Waals surface area contributed by atoms with E-state index in [2.05, 4.69) is 32.7 Å². The van der Waals surface area contributed by atoms with Crippen molar-refractivity contribution in [1.29, 1.82) is 0 Å². The second-order valence-corrected chi connectivity index (χ2v) is 6.42. The van der Waals surface area contributed by atoms with Gasteiger partial charge in [0.15, 0.2) is 0 Å². The molecule has 0 aromatic carbocycles. The molecule has 1 aliphatic rings. The zero-order chi connectivity index (χ0) is 18.5. The number of carbonyl (C=O) groups excluding carboxylic acids is 1. The fourth-order valence-corrected chi connectivity index (χ4v) is 2.88. The Balaban J connectivity index is 1.53. The zero-order valence-corrected chi connectivity index (χ0v) is 14.4. The lowest BCUT2D eigenvalue weighted by Gasteiger charge is -2.17. The van der Waals surface area contributed by atoms with Crippen molar-refractivity contribution in [2.75, 3.05) is 18.4 Å². The SMILES string of the molecule is NC(CNC(=O)c1cc(CCc2ccc3c(n2)NCCC3)c[nH]1)C(=O)O. The van der Waals surface area contributed by atoms with E-state index in [4.69, 9.17) is 10.8 Å². The van der Waals surface area contributed by atoms with Crippen LogP contribution in [-0.2, 0) is 24.1 Å². The number of aromatic nitrogens is 2. The van der Waals surface area contributed by atoms with Gasteiger partial charge in [0.25, 0.3) is 5.91 Å². The van der Waals surface area contributed by atoms with Crippen molar-refractivity contribution in [2.24, 2.45) is 5.73 Å². The Kier molecular flexibility index (Phi) is 5.52. The number of nitrogens with zero attached hydrogens (tertiary/aromatic N) is 1. The van der Waals surface area contributed by atoms with Crippen LogP contribution in [0.1, 0.15) is 33.7 Å². The van der Waals surface area contributed by atoms with Gasteiger partial charge in [0.1, 0.15) is 17.6 Å². The Labute approximate surface area is 151 Å². The van der Waals surface area contributed by atoms with E-state index in [9.17, 15) is 9.59 Å². The van der Waals surface area contributed by atoms with Crippen LogP contribution >= 0.6 is 0 Å². The number of H-pyrrole nitrogens is 1. The molecular weight excluding hydrogens is 334 g/mol. The molecule has 6 N–H and O–H groups in total. The van der Waals surface area contributed by atoms with Crippen molar-refractivity contribution in [3.63, 3.8) is 0 Å². The Morgan fingerprint density at radius 3 is 3.00 bits per heavy atom. The Morgan fingerprint density at radius 1 is 1.35 bits per heavy atom. The third-order valence-electron chi connectivity index (χ3n) is 4.41. The van der Waals surface area contributed by atoms with Crippen LogP contribution < -0.4 is 16.4 Å². The number of fused-ring (bicyclic) bond motifs is 1. The molecule has 2 aromatic rings. The molecule has 1 aliphatic heterocycles. The molecule has 1 atom stereocenters. The standard InChI is InChI=1S/C18H23N5O3/c19-14(18(25)26)10-22-17(24)15-8-11(9-21-15)3-5-13-6-4-12-2-1-7-20-16(12)23-13/h4,6,8-9,14,21H,1-3,5,7,10,19H2,(H,20,23)(H,22,24)(H,25,26). The van der Waals surface area contributed by atoms with E-state index in [0.717, 1.165) is 49.3 Å². The van der Waals surface area contributed by atoms with Crippen molar-refractivity contribution < 1.29 is 14.7 Å². The highest BCUT2D eigenvalue weighted by atomic mass is 16.4. The number of carbonyl (C=O) groups is 2. The molecule has 138 valence electrons. The minimum Gasteiger partial charge on any atom is -0.480 e. The Hall–Kier alpha value is -2.87. The molecule has 1 amide bonds. The lowest BCUT2D eigenvalue weighted by molar-refractivity contribution is -0.138. The number of anilines is 1. The highest BCUT2D eigenvalue weighted by Gasteiger charge is 2.15. The number of aromatic amines is 1. The summed E-state index contributed by atoms with van der Waals surface area (Å²) >= 11 is 0. The number of hydrogen-bond acceptors (Lipinski definition) is 5. The third-order valence-corrected chi connectivity index (χ3v) is 4.41. The lowest BCUT2D eigenvalue weighted by atomic mass is 10.1. The molecule has 26 heavy (non-hydrogen) atoms. The first kappa shape index (κ1) is 17.9. The molecule has 0 radical (unpaired) electrons. The second kappa shape index (κ2) is 8.01. The predicted molar refractivity (Wildman–Crippen MR) is 97.2 cm³/mol. The van der Waals surface area contributed by atoms with Gasteiger partial charge in [-0.3, -0.25) is 9.59 Å². The molecular formula is C18H23N5O3. The molecule has 0 saturated heterocycles. The first-order valence-electron chi connectivity index (χ1n) is 8.69. The van der Waals surface area contributed by atoms with Crippen molar-refractivity contribution in [3.05, 3.63) is 46.9 Å². The largest absolute Gasteiger partial charge is 0.480 e. The molecule has 0 saturated carbocycles. The van der Waals surface area contributed by atoms with Crippen LogP contribution in [0.3, 0.4) is 0 Å². The van der Waals surface area contributed by atoms with Crippen LogP contribution in [-0.4, -0.2) is 46.1 Å². The van der Waals surface area contributed by atoms with Crippen molar-refractivity contribution in [2.45, 2.75) is 31.7 Å². The number of nitrogens with two attached hydrogens (primary N) is 1. The molecule has 0 bridgehead atoms. The number of aliphatic carboxylic acids is 1. The van der Waals surface area contributed by atoms with Crippen molar-refractivity contribution in [1.82, 2.24) is 15.3 Å². The van der Waals surface area contributed by atoms with Crippen LogP contribution in [0.15, 0.2) is 24.4 Å². The first-order chi connectivity index (χ1) is 12.5. The van der Waals surface area contributed by atoms with E-state index in [-0.39, 0.29) is 12.5 Å². The van der Waals surface area contributed by atoms with Crippen LogP contribution in [0.25, 0.3) is 0 Å². The fraction of sp³-hybridized carbons (Fsp3) is 0.389. The van der Waals surface area contributed by atoms with Crippen LogP contribution in [0, 0.1) is 0 Å². The molecule has 3 rings (SSSR count). The summed E-state index contributed by atoms with van der Waals surface area (Å²) in [5.74, 6) is -0.536. The van der Waals surface area contributed by atoms with Crippen LogP contribution in [0.5, 0.6) is 0 Å². The fourth-order valence-electron chi connectivity index (χ4n) is 2.88. The number of carboxylic acid groups (broad SMARTS) is 1. The number of rotatable bonds is 7. The van der Waals surface area contributed by atoms with E-state index >= 15 is 0 Å². The van der Waals surface area contributed by atoms with Crippen molar-refractivity contribution in [3.8, 4) is 0 Å². The molecule has 0 aliphatic carbocycles. The maximum atomic E-state index is 12.0. The summed E-state index contributed by atoms with van der Waals surface area (Å²) in [6, 6.07) is 4.83. The van der Waals surface area contributed by atoms with E-state index in [1.165, 1.54) is 5.56 Å². The summed E-state index contributed by atoms with van der Waals surface area (Å²) < 4.78 is 0. The van der Waals surface area contributed by atoms with Gasteiger partial charge >= 0.3 is 5.97 Å². The highest BCUT2D eigenvalue weighted by molar-refractivity contribution is 5.93. The van der Waals surface area contributed by atoms with Gasteiger partial charge in [-0.1, -0.05) is 6.07 Å². The normalized spacial score (nSPS) is 14.2. The zero-order valence-electron chi connectivity index (χ0n) is 14.4. The second-order valence-electron chi connectivity index (χ2n) is 6.42. The first-order valence-corrected chi connectivity index (χ1v) is 8.69. The number of nitrogens with one attached hydrogen (secondary N) is 3. The summed E-state index contributed by atoms with van der Waals surface area (Å²) in [5, 5.41) is 14.6. The molecule has 8 heteroatoms. The Bertz CT molecular complexity index is 802. The van der Waals surface area contributed by atoms with Crippen LogP contribution in [0.4, 0.5) is 5.82 Å². The maximum Gasteiger partial charge on any atom is 0.322 e. The quantitative estimate of drug-likeness (QED) is 0.495. The van der Waals surface area contributed by atoms with Gasteiger partial charge < -0.3 is 26.5 Å². The minimum atomic E-state index is -1.15. The molecule has 3 heterocycles. The smallest absolute Gasteiger partial charge is 0.322 e. The average molecular weight is 357 g/mol. The van der Waals surface area contributed by atoms with Gasteiger partial charge in [0.05, 0.1) is 0 Å². The third kappa shape index (κ3) is 4.40. The highest BCUT2D eigenvalue weighted by Crippen LogP contribution is 2.20. The molecule has 2 aromatic heterocycles. The van der Waals surface area contributed by atoms with Gasteiger partial charge in [0.2, 0.25) is 0 Å². The van der Waals surface area contributed by atoms with Crippen molar-refractivity contribution >= 4 is 17.7 Å². The van der Waals surface area contributed by atoms with E-state index < -0.39 is 12.0 Å². The number of hydrogen-bond donors (Lipinski definition) is 5. The summed E-state index contributed by atoms with van der Waals surface area (Å²) in [6.07, 6.45) is 5.52. The number of aryl methyl sites for hydroxylation is 3. The summed E-state index contributed by atoms with van der Waals surface area (Å²) in [5.41, 5.74) is 9.03. The molecule has 1 unspecified atom stereocenters. The lowest BCUT2D eigenvalue weighted by Crippen LogP contribution is -2.42. The molecule has 8 nitrogen and oxygen atoms in total. The van der Waals surface area contributed by atoms with Gasteiger partial charge in [-0.05, 0) is 48.9 Å².